The summed E-state index contributed by atoms with van der Waals surface area (Å²) >= 11 is 0. The van der Waals surface area contributed by atoms with Crippen LogP contribution in [0.1, 0.15) is 67.2 Å². The molecular weight excluding hydrogens is 304 g/mol. The maximum atomic E-state index is 13.0. The van der Waals surface area contributed by atoms with Crippen molar-refractivity contribution in [1.29, 1.82) is 0 Å². The van der Waals surface area contributed by atoms with Gasteiger partial charge in [-0.2, -0.15) is 0 Å². The number of hydrogen-bond donors (Lipinski definition) is 0. The number of ketones is 4. The summed E-state index contributed by atoms with van der Waals surface area (Å²) in [7, 11) is 0. The summed E-state index contributed by atoms with van der Waals surface area (Å²) < 4.78 is 0. The summed E-state index contributed by atoms with van der Waals surface area (Å²) in [4.78, 5) is 50.5. The zero-order valence-electron chi connectivity index (χ0n) is 15.8. The Morgan fingerprint density at radius 3 is 2.12 bits per heavy atom. The molecule has 0 spiro atoms. The molecule has 1 aliphatic rings. The molecule has 2 unspecified atom stereocenters. The Balaban J connectivity index is 3.24. The van der Waals surface area contributed by atoms with Gasteiger partial charge in [-0.15, -0.1) is 0 Å². The van der Waals surface area contributed by atoms with Gasteiger partial charge in [-0.3, -0.25) is 19.2 Å². The molecule has 1 saturated carbocycles. The van der Waals surface area contributed by atoms with Crippen LogP contribution in [0.3, 0.4) is 0 Å². The highest BCUT2D eigenvalue weighted by Gasteiger charge is 2.60. The summed E-state index contributed by atoms with van der Waals surface area (Å²) in [6.07, 6.45) is 3.21. The summed E-state index contributed by atoms with van der Waals surface area (Å²) in [5.41, 5.74) is -0.348. The minimum atomic E-state index is -1.38. The third-order valence-corrected chi connectivity index (χ3v) is 4.59. The number of rotatable bonds is 8. The van der Waals surface area contributed by atoms with Gasteiger partial charge in [0, 0.05) is 6.42 Å². The molecular formula is C20H30O4. The van der Waals surface area contributed by atoms with Crippen molar-refractivity contribution in [2.75, 3.05) is 0 Å². The van der Waals surface area contributed by atoms with Crippen LogP contribution in [0, 0.1) is 23.2 Å². The van der Waals surface area contributed by atoms with Gasteiger partial charge in [0.05, 0.1) is 5.41 Å². The summed E-state index contributed by atoms with van der Waals surface area (Å²) in [5.74, 6) is -3.34. The van der Waals surface area contributed by atoms with Crippen LogP contribution in [0.25, 0.3) is 0 Å². The minimum Gasteiger partial charge on any atom is -0.298 e. The summed E-state index contributed by atoms with van der Waals surface area (Å²) in [6, 6.07) is 0. The molecule has 0 radical (unpaired) electrons. The van der Waals surface area contributed by atoms with E-state index in [1.165, 1.54) is 0 Å². The fourth-order valence-corrected chi connectivity index (χ4v) is 3.13. The van der Waals surface area contributed by atoms with Gasteiger partial charge in [0.1, 0.15) is 5.92 Å². The van der Waals surface area contributed by atoms with E-state index in [4.69, 9.17) is 0 Å². The van der Waals surface area contributed by atoms with Crippen molar-refractivity contribution in [3.05, 3.63) is 11.6 Å². The molecule has 0 aromatic rings. The lowest BCUT2D eigenvalue weighted by molar-refractivity contribution is -0.141. The molecule has 0 saturated heterocycles. The van der Waals surface area contributed by atoms with Gasteiger partial charge in [0.2, 0.25) is 11.6 Å². The van der Waals surface area contributed by atoms with Gasteiger partial charge in [-0.1, -0.05) is 39.3 Å². The van der Waals surface area contributed by atoms with E-state index >= 15 is 0 Å². The Morgan fingerprint density at radius 2 is 1.67 bits per heavy atom. The molecule has 134 valence electrons. The van der Waals surface area contributed by atoms with Crippen molar-refractivity contribution in [2.24, 2.45) is 23.2 Å². The first kappa shape index (κ1) is 20.5. The molecule has 24 heavy (non-hydrogen) atoms. The monoisotopic (exact) mass is 334 g/mol. The molecule has 0 heterocycles. The predicted molar refractivity (Wildman–Crippen MR) is 93.5 cm³/mol. The lowest BCUT2D eigenvalue weighted by Crippen LogP contribution is -2.36. The van der Waals surface area contributed by atoms with Crippen molar-refractivity contribution in [2.45, 2.75) is 67.2 Å². The normalized spacial score (nSPS) is 24.2. The van der Waals surface area contributed by atoms with Crippen LogP contribution in [-0.2, 0) is 19.2 Å². The maximum Gasteiger partial charge on any atom is 0.217 e. The fourth-order valence-electron chi connectivity index (χ4n) is 3.13. The van der Waals surface area contributed by atoms with E-state index in [0.717, 1.165) is 5.57 Å². The van der Waals surface area contributed by atoms with E-state index < -0.39 is 34.5 Å². The number of carbonyl (C=O) groups excluding carboxylic acids is 4. The van der Waals surface area contributed by atoms with Crippen LogP contribution in [0.5, 0.6) is 0 Å². The molecule has 0 N–H and O–H groups in total. The Bertz CT molecular complexity index is 564. The van der Waals surface area contributed by atoms with E-state index in [2.05, 4.69) is 0 Å². The average Bonchev–Trinajstić information content (AvgIpc) is 2.63. The lowest BCUT2D eigenvalue weighted by Gasteiger charge is -2.25. The number of allylic oxidation sites excluding steroid dienone is 2. The van der Waals surface area contributed by atoms with Gasteiger partial charge in [-0.25, -0.2) is 0 Å². The first-order valence-electron chi connectivity index (χ1n) is 8.82. The van der Waals surface area contributed by atoms with Crippen LogP contribution in [0.4, 0.5) is 0 Å². The molecule has 1 aliphatic carbocycles. The largest absolute Gasteiger partial charge is 0.298 e. The second-order valence-corrected chi connectivity index (χ2v) is 8.06. The predicted octanol–water partition coefficient (Wildman–Crippen LogP) is 3.72. The Labute approximate surface area is 145 Å². The van der Waals surface area contributed by atoms with E-state index in [1.807, 2.05) is 47.6 Å². The highest BCUT2D eigenvalue weighted by molar-refractivity contribution is 6.57. The van der Waals surface area contributed by atoms with Gasteiger partial charge in [0.15, 0.2) is 11.6 Å². The molecule has 2 atom stereocenters. The second-order valence-electron chi connectivity index (χ2n) is 8.06. The Kier molecular flexibility index (Phi) is 6.82. The molecule has 0 amide bonds. The van der Waals surface area contributed by atoms with Crippen molar-refractivity contribution in [3.63, 3.8) is 0 Å². The van der Waals surface area contributed by atoms with E-state index in [1.54, 1.807) is 0 Å². The molecule has 0 aromatic carbocycles. The number of Topliss-reactive ketones (excluding diaryl/α,β-unsaturated/α-hetero) is 4. The molecule has 0 bridgehead atoms. The smallest absolute Gasteiger partial charge is 0.217 e. The zero-order valence-corrected chi connectivity index (χ0v) is 15.8. The molecule has 4 nitrogen and oxygen atoms in total. The SMILES string of the molecule is CC(C)=CCC1(CCC(C)C)C(=O)C(=O)C(C(=O)CC(C)C)C1=O. The number of carbonyl (C=O) groups is 4. The third-order valence-electron chi connectivity index (χ3n) is 4.59. The van der Waals surface area contributed by atoms with Crippen LogP contribution >= 0.6 is 0 Å². The van der Waals surface area contributed by atoms with Gasteiger partial charge in [0.25, 0.3) is 0 Å². The quantitative estimate of drug-likeness (QED) is 0.385. The first-order chi connectivity index (χ1) is 11.0. The molecule has 1 fully saturated rings. The van der Waals surface area contributed by atoms with Crippen LogP contribution in [0.2, 0.25) is 0 Å². The van der Waals surface area contributed by atoms with Crippen molar-refractivity contribution >= 4 is 23.1 Å². The van der Waals surface area contributed by atoms with Gasteiger partial charge < -0.3 is 0 Å². The molecule has 0 aliphatic heterocycles. The topological polar surface area (TPSA) is 68.3 Å². The van der Waals surface area contributed by atoms with Gasteiger partial charge in [-0.05, 0) is 44.9 Å². The zero-order chi connectivity index (χ0) is 18.7. The summed E-state index contributed by atoms with van der Waals surface area (Å²) in [6.45, 7) is 11.5. The fraction of sp³-hybridized carbons (Fsp3) is 0.700. The van der Waals surface area contributed by atoms with Crippen LogP contribution in [0.15, 0.2) is 11.6 Å². The van der Waals surface area contributed by atoms with E-state index in [-0.39, 0.29) is 18.8 Å². The molecule has 4 heteroatoms. The Hall–Kier alpha value is -1.58. The maximum absolute atomic E-state index is 13.0. The van der Waals surface area contributed by atoms with Crippen molar-refractivity contribution < 1.29 is 19.2 Å². The average molecular weight is 334 g/mol. The Morgan fingerprint density at radius 1 is 1.08 bits per heavy atom. The first-order valence-corrected chi connectivity index (χ1v) is 8.82. The molecule has 0 aromatic heterocycles. The van der Waals surface area contributed by atoms with Crippen LogP contribution < -0.4 is 0 Å². The van der Waals surface area contributed by atoms with Crippen LogP contribution in [-0.4, -0.2) is 23.1 Å². The minimum absolute atomic E-state index is 0.0525. The lowest BCUT2D eigenvalue weighted by atomic mass is 9.74. The third kappa shape index (κ3) is 4.28. The highest BCUT2D eigenvalue weighted by Crippen LogP contribution is 2.42. The standard InChI is InChI=1S/C20H30O4/c1-12(2)7-9-20(10-8-13(3)4)18(23)16(17(22)19(20)24)15(21)11-14(5)6/h7,13-14,16H,8-11H2,1-6H3. The highest BCUT2D eigenvalue weighted by atomic mass is 16.2. The molecule has 1 rings (SSSR count). The second kappa shape index (κ2) is 8.00. The van der Waals surface area contributed by atoms with E-state index in [9.17, 15) is 19.2 Å². The van der Waals surface area contributed by atoms with Crippen molar-refractivity contribution in [3.8, 4) is 0 Å². The summed E-state index contributed by atoms with van der Waals surface area (Å²) in [5, 5.41) is 0. The van der Waals surface area contributed by atoms with Crippen molar-refractivity contribution in [1.82, 2.24) is 0 Å². The number of hydrogen-bond acceptors (Lipinski definition) is 4. The van der Waals surface area contributed by atoms with E-state index in [0.29, 0.717) is 18.8 Å². The van der Waals surface area contributed by atoms with Gasteiger partial charge >= 0.3 is 0 Å².